The van der Waals surface area contributed by atoms with Gasteiger partial charge in [0.15, 0.2) is 5.16 Å². The molecule has 1 aliphatic heterocycles. The standard InChI is InChI=1S/C12H15N3O2S/c16-10(13-6-8-2-1-3-8)9-7-14-12-15(11(9)17)4-5-18-12/h7-8H,1-6H2,(H,13,16). The number of aromatic nitrogens is 2. The fourth-order valence-corrected chi connectivity index (χ4v) is 3.12. The first-order valence-corrected chi connectivity index (χ1v) is 7.25. The molecule has 0 unspecified atom stereocenters. The van der Waals surface area contributed by atoms with Crippen LogP contribution < -0.4 is 10.9 Å². The van der Waals surface area contributed by atoms with Crippen molar-refractivity contribution in [1.29, 1.82) is 0 Å². The summed E-state index contributed by atoms with van der Waals surface area (Å²) in [7, 11) is 0. The van der Waals surface area contributed by atoms with Crippen molar-refractivity contribution in [3.8, 4) is 0 Å². The molecule has 0 saturated heterocycles. The van der Waals surface area contributed by atoms with Crippen molar-refractivity contribution in [2.24, 2.45) is 5.92 Å². The lowest BCUT2D eigenvalue weighted by Gasteiger charge is -2.25. The number of nitrogens with one attached hydrogen (secondary N) is 1. The number of amides is 1. The van der Waals surface area contributed by atoms with Crippen LogP contribution in [0.1, 0.15) is 29.6 Å². The second-order valence-corrected chi connectivity index (χ2v) is 5.83. The number of carbonyl (C=O) groups excluding carboxylic acids is 1. The zero-order valence-electron chi connectivity index (χ0n) is 10.0. The molecule has 1 aromatic heterocycles. The maximum Gasteiger partial charge on any atom is 0.267 e. The second kappa shape index (κ2) is 4.76. The van der Waals surface area contributed by atoms with Gasteiger partial charge in [-0.2, -0.15) is 0 Å². The summed E-state index contributed by atoms with van der Waals surface area (Å²) in [5.74, 6) is 1.16. The van der Waals surface area contributed by atoms with Crippen molar-refractivity contribution in [2.75, 3.05) is 12.3 Å². The molecule has 0 spiro atoms. The molecule has 2 heterocycles. The molecule has 18 heavy (non-hydrogen) atoms. The first kappa shape index (κ1) is 11.8. The van der Waals surface area contributed by atoms with Gasteiger partial charge in [0.25, 0.3) is 11.5 Å². The Morgan fingerprint density at radius 2 is 2.39 bits per heavy atom. The Balaban J connectivity index is 1.75. The van der Waals surface area contributed by atoms with Crippen LogP contribution in [0.4, 0.5) is 0 Å². The quantitative estimate of drug-likeness (QED) is 0.824. The average molecular weight is 265 g/mol. The highest BCUT2D eigenvalue weighted by Gasteiger charge is 2.22. The smallest absolute Gasteiger partial charge is 0.267 e. The van der Waals surface area contributed by atoms with Crippen molar-refractivity contribution >= 4 is 17.7 Å². The van der Waals surface area contributed by atoms with Crippen molar-refractivity contribution in [3.05, 3.63) is 22.1 Å². The summed E-state index contributed by atoms with van der Waals surface area (Å²) < 4.78 is 1.59. The van der Waals surface area contributed by atoms with Crippen LogP contribution in [0.5, 0.6) is 0 Å². The Morgan fingerprint density at radius 3 is 3.11 bits per heavy atom. The molecular weight excluding hydrogens is 250 g/mol. The van der Waals surface area contributed by atoms with Crippen molar-refractivity contribution in [3.63, 3.8) is 0 Å². The lowest BCUT2D eigenvalue weighted by Crippen LogP contribution is -2.37. The minimum atomic E-state index is -0.286. The predicted octanol–water partition coefficient (Wildman–Crippen LogP) is 0.879. The van der Waals surface area contributed by atoms with Gasteiger partial charge in [-0.1, -0.05) is 18.2 Å². The molecule has 1 aliphatic carbocycles. The highest BCUT2D eigenvalue weighted by Crippen LogP contribution is 2.25. The molecule has 1 saturated carbocycles. The van der Waals surface area contributed by atoms with Gasteiger partial charge >= 0.3 is 0 Å². The van der Waals surface area contributed by atoms with E-state index >= 15 is 0 Å². The largest absolute Gasteiger partial charge is 0.352 e. The van der Waals surface area contributed by atoms with Crippen LogP contribution in [0.15, 0.2) is 16.1 Å². The zero-order chi connectivity index (χ0) is 12.5. The third-order valence-electron chi connectivity index (χ3n) is 3.58. The van der Waals surface area contributed by atoms with Crippen LogP contribution >= 0.6 is 11.8 Å². The highest BCUT2D eigenvalue weighted by atomic mass is 32.2. The number of fused-ring (bicyclic) bond motifs is 1. The predicted molar refractivity (Wildman–Crippen MR) is 68.9 cm³/mol. The van der Waals surface area contributed by atoms with E-state index in [1.54, 1.807) is 16.3 Å². The normalized spacial score (nSPS) is 18.2. The minimum absolute atomic E-state index is 0.167. The van der Waals surface area contributed by atoms with Gasteiger partial charge in [0.1, 0.15) is 5.56 Å². The maximum absolute atomic E-state index is 12.1. The van der Waals surface area contributed by atoms with Gasteiger partial charge in [-0.15, -0.1) is 0 Å². The Kier molecular flexibility index (Phi) is 3.11. The third kappa shape index (κ3) is 2.05. The summed E-state index contributed by atoms with van der Waals surface area (Å²) in [6.07, 6.45) is 5.01. The molecule has 3 rings (SSSR count). The van der Waals surface area contributed by atoms with Gasteiger partial charge in [0.05, 0.1) is 0 Å². The fourth-order valence-electron chi connectivity index (χ4n) is 2.20. The van der Waals surface area contributed by atoms with Crippen LogP contribution in [-0.4, -0.2) is 27.8 Å². The van der Waals surface area contributed by atoms with E-state index in [1.165, 1.54) is 25.5 Å². The van der Waals surface area contributed by atoms with Crippen LogP contribution in [0.25, 0.3) is 0 Å². The van der Waals surface area contributed by atoms with E-state index in [0.717, 1.165) is 10.9 Å². The van der Waals surface area contributed by atoms with Gasteiger partial charge < -0.3 is 5.32 Å². The molecule has 96 valence electrons. The molecule has 1 fully saturated rings. The molecular formula is C12H15N3O2S. The van der Waals surface area contributed by atoms with Gasteiger partial charge in [-0.3, -0.25) is 14.2 Å². The molecule has 0 atom stereocenters. The van der Waals surface area contributed by atoms with Crippen molar-refractivity contribution in [1.82, 2.24) is 14.9 Å². The summed E-state index contributed by atoms with van der Waals surface area (Å²) in [5.41, 5.74) is -0.0447. The summed E-state index contributed by atoms with van der Waals surface area (Å²) >= 11 is 1.55. The van der Waals surface area contributed by atoms with Crippen LogP contribution in [0.2, 0.25) is 0 Å². The molecule has 2 aliphatic rings. The lowest BCUT2D eigenvalue weighted by molar-refractivity contribution is 0.0936. The van der Waals surface area contributed by atoms with E-state index in [9.17, 15) is 9.59 Å². The van der Waals surface area contributed by atoms with Gasteiger partial charge in [0, 0.05) is 25.0 Å². The van der Waals surface area contributed by atoms with E-state index in [1.807, 2.05) is 0 Å². The van der Waals surface area contributed by atoms with E-state index in [-0.39, 0.29) is 17.0 Å². The number of nitrogens with zero attached hydrogens (tertiary/aromatic N) is 2. The number of hydrogen-bond acceptors (Lipinski definition) is 4. The second-order valence-electron chi connectivity index (χ2n) is 4.77. The average Bonchev–Trinajstić information content (AvgIpc) is 2.76. The van der Waals surface area contributed by atoms with Gasteiger partial charge in [0.2, 0.25) is 0 Å². The number of rotatable bonds is 3. The summed E-state index contributed by atoms with van der Waals surface area (Å²) in [4.78, 5) is 28.2. The van der Waals surface area contributed by atoms with Crippen molar-refractivity contribution in [2.45, 2.75) is 31.0 Å². The highest BCUT2D eigenvalue weighted by molar-refractivity contribution is 7.99. The molecule has 0 aromatic carbocycles. The third-order valence-corrected chi connectivity index (χ3v) is 4.55. The lowest BCUT2D eigenvalue weighted by atomic mass is 9.85. The SMILES string of the molecule is O=C(NCC1CCC1)c1cnc2n(c1=O)CCS2. The zero-order valence-corrected chi connectivity index (χ0v) is 10.8. The Hall–Kier alpha value is -1.30. The van der Waals surface area contributed by atoms with Gasteiger partial charge in [-0.25, -0.2) is 4.98 Å². The van der Waals surface area contributed by atoms with E-state index in [2.05, 4.69) is 10.3 Å². The topological polar surface area (TPSA) is 64.0 Å². The first-order valence-electron chi connectivity index (χ1n) is 6.26. The van der Waals surface area contributed by atoms with Crippen LogP contribution in [0, 0.1) is 5.92 Å². The van der Waals surface area contributed by atoms with Crippen LogP contribution in [0.3, 0.4) is 0 Å². The number of carbonyl (C=O) groups is 1. The van der Waals surface area contributed by atoms with Crippen molar-refractivity contribution < 1.29 is 4.79 Å². The van der Waals surface area contributed by atoms with Crippen LogP contribution in [-0.2, 0) is 6.54 Å². The molecule has 0 radical (unpaired) electrons. The summed E-state index contributed by atoms with van der Waals surface area (Å²) in [6, 6.07) is 0. The fraction of sp³-hybridized carbons (Fsp3) is 0.583. The number of hydrogen-bond donors (Lipinski definition) is 1. The minimum Gasteiger partial charge on any atom is -0.352 e. The van der Waals surface area contributed by atoms with E-state index in [0.29, 0.717) is 19.0 Å². The maximum atomic E-state index is 12.1. The Bertz CT molecular complexity index is 537. The molecule has 1 N–H and O–H groups in total. The van der Waals surface area contributed by atoms with Gasteiger partial charge in [-0.05, 0) is 18.8 Å². The monoisotopic (exact) mass is 265 g/mol. The Morgan fingerprint density at radius 1 is 1.56 bits per heavy atom. The molecule has 5 nitrogen and oxygen atoms in total. The molecule has 1 aromatic rings. The molecule has 1 amide bonds. The van der Waals surface area contributed by atoms with E-state index in [4.69, 9.17) is 0 Å². The first-order chi connectivity index (χ1) is 8.75. The van der Waals surface area contributed by atoms with E-state index < -0.39 is 0 Å². The Labute approximate surface area is 109 Å². The number of thioether (sulfide) groups is 1. The summed E-state index contributed by atoms with van der Waals surface area (Å²) in [5, 5.41) is 3.55. The molecule has 6 heteroatoms. The summed E-state index contributed by atoms with van der Waals surface area (Å²) in [6.45, 7) is 1.32. The molecule has 0 bridgehead atoms.